The summed E-state index contributed by atoms with van der Waals surface area (Å²) in [6, 6.07) is 3.75. The van der Waals surface area contributed by atoms with Gasteiger partial charge in [-0.2, -0.15) is 0 Å². The maximum atomic E-state index is 13.5. The van der Waals surface area contributed by atoms with Gasteiger partial charge in [0.05, 0.1) is 4.90 Å². The Morgan fingerprint density at radius 2 is 2.11 bits per heavy atom. The second-order valence-corrected chi connectivity index (χ2v) is 5.91. The van der Waals surface area contributed by atoms with Crippen LogP contribution in [0.2, 0.25) is 0 Å². The van der Waals surface area contributed by atoms with E-state index in [1.807, 2.05) is 6.92 Å². The first-order chi connectivity index (χ1) is 8.42. The van der Waals surface area contributed by atoms with E-state index < -0.39 is 15.8 Å². The Kier molecular flexibility index (Phi) is 5.25. The molecule has 0 aliphatic rings. The molecular weight excluding hydrogens is 255 g/mol. The van der Waals surface area contributed by atoms with Crippen molar-refractivity contribution in [2.24, 2.45) is 5.73 Å². The molecule has 6 heteroatoms. The van der Waals surface area contributed by atoms with Gasteiger partial charge in [-0.05, 0) is 25.5 Å². The van der Waals surface area contributed by atoms with Crippen LogP contribution in [0.4, 0.5) is 4.39 Å². The van der Waals surface area contributed by atoms with E-state index in [9.17, 15) is 12.8 Å². The first kappa shape index (κ1) is 15.1. The summed E-state index contributed by atoms with van der Waals surface area (Å²) in [6.07, 6.45) is 1.60. The van der Waals surface area contributed by atoms with E-state index >= 15 is 0 Å². The maximum absolute atomic E-state index is 13.5. The normalized spacial score (nSPS) is 13.6. The SMILES string of the molecule is CCCC(C)NS(=O)(=O)c1cccc(F)c1CN. The van der Waals surface area contributed by atoms with Crippen LogP contribution in [0.3, 0.4) is 0 Å². The van der Waals surface area contributed by atoms with E-state index in [1.165, 1.54) is 18.2 Å². The van der Waals surface area contributed by atoms with Crippen molar-refractivity contribution >= 4 is 10.0 Å². The van der Waals surface area contributed by atoms with Crippen LogP contribution >= 0.6 is 0 Å². The van der Waals surface area contributed by atoms with E-state index in [2.05, 4.69) is 4.72 Å². The zero-order valence-electron chi connectivity index (χ0n) is 10.6. The number of rotatable bonds is 6. The Morgan fingerprint density at radius 3 is 2.67 bits per heavy atom. The third-order valence-corrected chi connectivity index (χ3v) is 4.32. The second kappa shape index (κ2) is 6.26. The predicted molar refractivity (Wildman–Crippen MR) is 69.0 cm³/mol. The molecule has 0 amide bonds. The van der Waals surface area contributed by atoms with Crippen LogP contribution in [-0.2, 0) is 16.6 Å². The lowest BCUT2D eigenvalue weighted by molar-refractivity contribution is 0.539. The molecule has 0 saturated heterocycles. The molecule has 0 aliphatic carbocycles. The Bertz CT molecular complexity index is 503. The molecule has 102 valence electrons. The van der Waals surface area contributed by atoms with Crippen LogP contribution in [0.15, 0.2) is 23.1 Å². The molecule has 3 N–H and O–H groups in total. The minimum atomic E-state index is -3.72. The summed E-state index contributed by atoms with van der Waals surface area (Å²) < 4.78 is 40.3. The number of nitrogens with two attached hydrogens (primary N) is 1. The van der Waals surface area contributed by atoms with Crippen molar-refractivity contribution in [2.45, 2.75) is 44.2 Å². The van der Waals surface area contributed by atoms with Crippen molar-refractivity contribution in [3.05, 3.63) is 29.6 Å². The number of halogens is 1. The van der Waals surface area contributed by atoms with Crippen molar-refractivity contribution in [1.82, 2.24) is 4.72 Å². The van der Waals surface area contributed by atoms with Gasteiger partial charge >= 0.3 is 0 Å². The van der Waals surface area contributed by atoms with Gasteiger partial charge in [0, 0.05) is 18.2 Å². The summed E-state index contributed by atoms with van der Waals surface area (Å²) in [5, 5.41) is 0. The summed E-state index contributed by atoms with van der Waals surface area (Å²) >= 11 is 0. The van der Waals surface area contributed by atoms with Crippen molar-refractivity contribution in [3.63, 3.8) is 0 Å². The monoisotopic (exact) mass is 274 g/mol. The third kappa shape index (κ3) is 3.51. The summed E-state index contributed by atoms with van der Waals surface area (Å²) in [6.45, 7) is 3.60. The predicted octanol–water partition coefficient (Wildman–Crippen LogP) is 1.75. The van der Waals surface area contributed by atoms with Gasteiger partial charge in [0.2, 0.25) is 10.0 Å². The van der Waals surface area contributed by atoms with Gasteiger partial charge in [0.1, 0.15) is 5.82 Å². The van der Waals surface area contributed by atoms with Crippen LogP contribution in [0.25, 0.3) is 0 Å². The highest BCUT2D eigenvalue weighted by molar-refractivity contribution is 7.89. The maximum Gasteiger partial charge on any atom is 0.241 e. The van der Waals surface area contributed by atoms with Crippen LogP contribution < -0.4 is 10.5 Å². The molecule has 1 unspecified atom stereocenters. The second-order valence-electron chi connectivity index (χ2n) is 4.23. The average Bonchev–Trinajstić information content (AvgIpc) is 2.28. The Morgan fingerprint density at radius 1 is 1.44 bits per heavy atom. The Hall–Kier alpha value is -0.980. The number of sulfonamides is 1. The molecule has 1 atom stereocenters. The number of hydrogen-bond donors (Lipinski definition) is 2. The van der Waals surface area contributed by atoms with Crippen LogP contribution in [0.5, 0.6) is 0 Å². The van der Waals surface area contributed by atoms with Gasteiger partial charge in [0.15, 0.2) is 0 Å². The van der Waals surface area contributed by atoms with Gasteiger partial charge in [-0.1, -0.05) is 19.4 Å². The lowest BCUT2D eigenvalue weighted by Gasteiger charge is -2.15. The first-order valence-electron chi connectivity index (χ1n) is 5.92. The Labute approximate surface area is 107 Å². The van der Waals surface area contributed by atoms with Gasteiger partial charge < -0.3 is 5.73 Å². The zero-order chi connectivity index (χ0) is 13.8. The smallest absolute Gasteiger partial charge is 0.241 e. The minimum Gasteiger partial charge on any atom is -0.326 e. The van der Waals surface area contributed by atoms with Gasteiger partial charge in [-0.15, -0.1) is 0 Å². The van der Waals surface area contributed by atoms with Crippen molar-refractivity contribution in [2.75, 3.05) is 0 Å². The van der Waals surface area contributed by atoms with E-state index in [0.29, 0.717) is 0 Å². The molecule has 18 heavy (non-hydrogen) atoms. The van der Waals surface area contributed by atoms with E-state index in [1.54, 1.807) is 6.92 Å². The Balaban J connectivity index is 3.09. The van der Waals surface area contributed by atoms with Crippen LogP contribution in [-0.4, -0.2) is 14.5 Å². The largest absolute Gasteiger partial charge is 0.326 e. The standard InChI is InChI=1S/C12H19FN2O2S/c1-3-5-9(2)15-18(16,17)12-7-4-6-11(13)10(12)8-14/h4,6-7,9,15H,3,5,8,14H2,1-2H3. The highest BCUT2D eigenvalue weighted by Gasteiger charge is 2.21. The van der Waals surface area contributed by atoms with Crippen molar-refractivity contribution in [3.8, 4) is 0 Å². The number of benzene rings is 1. The minimum absolute atomic E-state index is 0.0219. The highest BCUT2D eigenvalue weighted by Crippen LogP contribution is 2.19. The fraction of sp³-hybridized carbons (Fsp3) is 0.500. The number of hydrogen-bond acceptors (Lipinski definition) is 3. The topological polar surface area (TPSA) is 72.2 Å². The molecule has 1 rings (SSSR count). The molecule has 0 spiro atoms. The molecule has 0 bridgehead atoms. The summed E-state index contributed by atoms with van der Waals surface area (Å²) in [7, 11) is -3.72. The van der Waals surface area contributed by atoms with Gasteiger partial charge in [-0.25, -0.2) is 17.5 Å². The van der Waals surface area contributed by atoms with Crippen molar-refractivity contribution in [1.29, 1.82) is 0 Å². The zero-order valence-corrected chi connectivity index (χ0v) is 11.4. The first-order valence-corrected chi connectivity index (χ1v) is 7.40. The van der Waals surface area contributed by atoms with E-state index in [-0.39, 0.29) is 23.0 Å². The number of nitrogens with one attached hydrogen (secondary N) is 1. The molecular formula is C12H19FN2O2S. The third-order valence-electron chi connectivity index (χ3n) is 2.65. The summed E-state index contributed by atoms with van der Waals surface area (Å²) in [5.41, 5.74) is 5.43. The molecule has 1 aromatic carbocycles. The highest BCUT2D eigenvalue weighted by atomic mass is 32.2. The summed E-state index contributed by atoms with van der Waals surface area (Å²) in [4.78, 5) is -0.0760. The fourth-order valence-corrected chi connectivity index (χ4v) is 3.35. The lowest BCUT2D eigenvalue weighted by Crippen LogP contribution is -2.33. The van der Waals surface area contributed by atoms with E-state index in [4.69, 9.17) is 5.73 Å². The molecule has 0 aromatic heterocycles. The molecule has 4 nitrogen and oxygen atoms in total. The van der Waals surface area contributed by atoms with Gasteiger partial charge in [-0.3, -0.25) is 0 Å². The van der Waals surface area contributed by atoms with Gasteiger partial charge in [0.25, 0.3) is 0 Å². The molecule has 1 aromatic rings. The summed E-state index contributed by atoms with van der Waals surface area (Å²) in [5.74, 6) is -0.594. The average molecular weight is 274 g/mol. The molecule has 0 saturated carbocycles. The molecule has 0 radical (unpaired) electrons. The van der Waals surface area contributed by atoms with Crippen LogP contribution in [0.1, 0.15) is 32.3 Å². The van der Waals surface area contributed by atoms with Crippen LogP contribution in [0, 0.1) is 5.82 Å². The molecule has 0 fully saturated rings. The lowest BCUT2D eigenvalue weighted by atomic mass is 10.2. The fourth-order valence-electron chi connectivity index (χ4n) is 1.81. The molecule has 0 aliphatic heterocycles. The van der Waals surface area contributed by atoms with E-state index in [0.717, 1.165) is 12.8 Å². The molecule has 0 heterocycles. The quantitative estimate of drug-likeness (QED) is 0.830. The van der Waals surface area contributed by atoms with Crippen molar-refractivity contribution < 1.29 is 12.8 Å².